The van der Waals surface area contributed by atoms with Crippen LogP contribution in [-0.2, 0) is 13.1 Å². The first-order valence-electron chi connectivity index (χ1n) is 17.7. The Morgan fingerprint density at radius 2 is 1.11 bits per heavy atom. The van der Waals surface area contributed by atoms with E-state index in [0.717, 1.165) is 48.8 Å². The van der Waals surface area contributed by atoms with Crippen molar-refractivity contribution in [2.45, 2.75) is 13.1 Å². The quantitative estimate of drug-likeness (QED) is 0.177. The molecule has 0 spiro atoms. The van der Waals surface area contributed by atoms with Crippen LogP contribution in [0.2, 0.25) is 0 Å². The van der Waals surface area contributed by atoms with E-state index < -0.39 is 12.2 Å². The fourth-order valence-corrected chi connectivity index (χ4v) is 6.73. The first-order valence-corrected chi connectivity index (χ1v) is 17.7. The topological polar surface area (TPSA) is 114 Å². The normalized spacial score (nSPS) is 15.3. The van der Waals surface area contributed by atoms with Crippen molar-refractivity contribution in [2.75, 3.05) is 66.6 Å². The second kappa shape index (κ2) is 16.2. The number of hydrogen-bond donors (Lipinski definition) is 0. The van der Waals surface area contributed by atoms with Gasteiger partial charge in [0.1, 0.15) is 34.8 Å². The number of nitrogens with zero attached hydrogens (tertiary/aromatic N) is 4. The minimum Gasteiger partial charge on any atom is -0.496 e. The Balaban J connectivity index is 0.911. The number of benzene rings is 4. The molecule has 1 aromatic heterocycles. The number of fused-ring (bicyclic) bond motifs is 1. The van der Waals surface area contributed by atoms with Gasteiger partial charge in [0, 0.05) is 82.6 Å². The average Bonchev–Trinajstić information content (AvgIpc) is 3.19. The van der Waals surface area contributed by atoms with E-state index in [0.29, 0.717) is 72.9 Å². The molecule has 7 rings (SSSR count). The predicted molar refractivity (Wildman–Crippen MR) is 200 cm³/mol. The maximum atomic E-state index is 13.5. The van der Waals surface area contributed by atoms with Crippen LogP contribution in [0.15, 0.2) is 106 Å². The van der Waals surface area contributed by atoms with E-state index in [1.165, 1.54) is 6.26 Å². The van der Waals surface area contributed by atoms with E-state index in [9.17, 15) is 14.4 Å². The number of amides is 2. The third-order valence-electron chi connectivity index (χ3n) is 9.76. The Kier molecular flexibility index (Phi) is 10.9. The molecule has 4 aromatic carbocycles. The Hall–Kier alpha value is -5.85. The molecular formula is C41H42N4O8. The highest BCUT2D eigenvalue weighted by Crippen LogP contribution is 2.26. The van der Waals surface area contributed by atoms with Crippen LogP contribution >= 0.6 is 0 Å². The molecule has 0 saturated carbocycles. The molecule has 2 saturated heterocycles. The lowest BCUT2D eigenvalue weighted by Gasteiger charge is -2.34. The summed E-state index contributed by atoms with van der Waals surface area (Å²) in [7, 11) is 3.34. The molecule has 2 amide bonds. The molecule has 5 aromatic rings. The van der Waals surface area contributed by atoms with Gasteiger partial charge in [0.05, 0.1) is 25.2 Å². The summed E-state index contributed by atoms with van der Waals surface area (Å²) in [5, 5.41) is 0.354. The highest BCUT2D eigenvalue weighted by molar-refractivity contribution is 5.83. The maximum absolute atomic E-state index is 13.5. The van der Waals surface area contributed by atoms with Crippen molar-refractivity contribution >= 4 is 23.2 Å². The summed E-state index contributed by atoms with van der Waals surface area (Å²) in [5.74, 6) is 2.38. The van der Waals surface area contributed by atoms with Crippen LogP contribution in [0.1, 0.15) is 11.1 Å². The molecule has 0 atom stereocenters. The van der Waals surface area contributed by atoms with Gasteiger partial charge in [-0.25, -0.2) is 9.59 Å². The van der Waals surface area contributed by atoms with Gasteiger partial charge in [0.2, 0.25) is 0 Å². The molecular weight excluding hydrogens is 676 g/mol. The average molecular weight is 719 g/mol. The molecule has 0 bridgehead atoms. The molecule has 274 valence electrons. The van der Waals surface area contributed by atoms with Gasteiger partial charge in [-0.1, -0.05) is 48.5 Å². The molecule has 2 aliphatic heterocycles. The summed E-state index contributed by atoms with van der Waals surface area (Å²) < 4.78 is 28.1. The summed E-state index contributed by atoms with van der Waals surface area (Å²) in [6.45, 7) is 6.49. The van der Waals surface area contributed by atoms with E-state index in [2.05, 4.69) is 15.9 Å². The highest BCUT2D eigenvalue weighted by atomic mass is 16.6. The number of hydrogen-bond acceptors (Lipinski definition) is 10. The largest absolute Gasteiger partial charge is 0.496 e. The lowest BCUT2D eigenvalue weighted by Crippen LogP contribution is -2.49. The molecule has 0 N–H and O–H groups in total. The first-order chi connectivity index (χ1) is 25.9. The van der Waals surface area contributed by atoms with Gasteiger partial charge in [0.25, 0.3) is 0 Å². The highest BCUT2D eigenvalue weighted by Gasteiger charge is 2.25. The fourth-order valence-electron chi connectivity index (χ4n) is 6.73. The second-order valence-electron chi connectivity index (χ2n) is 13.0. The number of methoxy groups -OCH3 is 2. The summed E-state index contributed by atoms with van der Waals surface area (Å²) in [6.07, 6.45) is 0.526. The lowest BCUT2D eigenvalue weighted by molar-refractivity contribution is 0.107. The number of carbonyl (C=O) groups excluding carboxylic acids is 2. The fraction of sp³-hybridized carbons (Fsp3) is 0.293. The van der Waals surface area contributed by atoms with Crippen LogP contribution in [0, 0.1) is 0 Å². The van der Waals surface area contributed by atoms with Crippen molar-refractivity contribution < 1.29 is 33.0 Å². The summed E-state index contributed by atoms with van der Waals surface area (Å²) in [5.41, 5.74) is 3.26. The smallest absolute Gasteiger partial charge is 0.415 e. The Morgan fingerprint density at radius 3 is 1.64 bits per heavy atom. The van der Waals surface area contributed by atoms with Crippen molar-refractivity contribution in [3.05, 3.63) is 119 Å². The molecule has 0 radical (unpaired) electrons. The molecule has 2 fully saturated rings. The zero-order chi connectivity index (χ0) is 36.7. The van der Waals surface area contributed by atoms with Gasteiger partial charge in [-0.2, -0.15) is 0 Å². The van der Waals surface area contributed by atoms with Crippen LogP contribution in [0.3, 0.4) is 0 Å². The summed E-state index contributed by atoms with van der Waals surface area (Å²) in [4.78, 5) is 47.3. The van der Waals surface area contributed by atoms with Gasteiger partial charge in [-0.05, 0) is 42.0 Å². The van der Waals surface area contributed by atoms with Gasteiger partial charge < -0.3 is 33.2 Å². The summed E-state index contributed by atoms with van der Waals surface area (Å²) >= 11 is 0. The van der Waals surface area contributed by atoms with E-state index >= 15 is 0 Å². The molecule has 53 heavy (non-hydrogen) atoms. The van der Waals surface area contributed by atoms with Crippen molar-refractivity contribution in [2.24, 2.45) is 0 Å². The number of carbonyl (C=O) groups is 2. The second-order valence-corrected chi connectivity index (χ2v) is 13.0. The van der Waals surface area contributed by atoms with Crippen molar-refractivity contribution in [3.63, 3.8) is 0 Å². The van der Waals surface area contributed by atoms with Crippen molar-refractivity contribution in [1.82, 2.24) is 19.6 Å². The van der Waals surface area contributed by atoms with Gasteiger partial charge in [-0.3, -0.25) is 14.6 Å². The molecule has 0 aliphatic carbocycles. The Bertz CT molecular complexity index is 2120. The molecule has 12 nitrogen and oxygen atoms in total. The van der Waals surface area contributed by atoms with Crippen molar-refractivity contribution in [3.8, 4) is 34.1 Å². The first kappa shape index (κ1) is 35.5. The standard InChI is InChI=1S/C41H42N4O8/c1-49-36-9-5-3-7-30(36)26-42-17-21-44(22-18-42)40(47)52-32-13-11-29(12-14-32)35-28-51-38-25-33(15-16-34(38)39(35)46)53-41(48)45-23-19-43(20-24-45)27-31-8-4-6-10-37(31)50-2/h3-16,25,28H,17-24,26-27H2,1-2H3. The zero-order valence-electron chi connectivity index (χ0n) is 29.9. The van der Waals surface area contributed by atoms with E-state index in [4.69, 9.17) is 23.4 Å². The van der Waals surface area contributed by atoms with Crippen LogP contribution in [0.5, 0.6) is 23.0 Å². The van der Waals surface area contributed by atoms with Gasteiger partial charge in [0.15, 0.2) is 5.43 Å². The number of rotatable bonds is 9. The number of para-hydroxylation sites is 2. The van der Waals surface area contributed by atoms with Gasteiger partial charge >= 0.3 is 12.2 Å². The van der Waals surface area contributed by atoms with Crippen LogP contribution in [-0.4, -0.2) is 98.4 Å². The van der Waals surface area contributed by atoms with E-state index in [-0.39, 0.29) is 5.43 Å². The predicted octanol–water partition coefficient (Wildman–Crippen LogP) is 6.11. The SMILES string of the molecule is COc1ccccc1CN1CCN(C(=O)Oc2ccc(-c3coc4cc(OC(=O)N5CCN(Cc6ccccc6OC)CC5)ccc4c3=O)cc2)CC1. The molecule has 2 aliphatic rings. The monoisotopic (exact) mass is 718 g/mol. The zero-order valence-corrected chi connectivity index (χ0v) is 29.9. The third-order valence-corrected chi connectivity index (χ3v) is 9.76. The van der Waals surface area contributed by atoms with Crippen molar-refractivity contribution in [1.29, 1.82) is 0 Å². The molecule has 3 heterocycles. The third kappa shape index (κ3) is 8.29. The van der Waals surface area contributed by atoms with Crippen LogP contribution < -0.4 is 24.4 Å². The maximum Gasteiger partial charge on any atom is 0.415 e. The van der Waals surface area contributed by atoms with E-state index in [1.807, 2.05) is 42.5 Å². The number of ether oxygens (including phenoxy) is 4. The minimum absolute atomic E-state index is 0.231. The Morgan fingerprint density at radius 1 is 0.623 bits per heavy atom. The molecule has 0 unspecified atom stereocenters. The van der Waals surface area contributed by atoms with E-state index in [1.54, 1.807) is 66.5 Å². The van der Waals surface area contributed by atoms with Crippen LogP contribution in [0.25, 0.3) is 22.1 Å². The lowest BCUT2D eigenvalue weighted by atomic mass is 10.1. The molecule has 12 heteroatoms. The summed E-state index contributed by atoms with van der Waals surface area (Å²) in [6, 6.07) is 27.4. The minimum atomic E-state index is -0.451. The Labute approximate surface area is 307 Å². The van der Waals surface area contributed by atoms with Crippen LogP contribution in [0.4, 0.5) is 9.59 Å². The van der Waals surface area contributed by atoms with Gasteiger partial charge in [-0.15, -0.1) is 0 Å². The number of piperazine rings is 2.